The molecule has 0 fully saturated rings. The van der Waals surface area contributed by atoms with Gasteiger partial charge in [-0.1, -0.05) is 18.5 Å². The van der Waals surface area contributed by atoms with Crippen molar-refractivity contribution in [1.29, 1.82) is 0 Å². The molecule has 20 heavy (non-hydrogen) atoms. The minimum Gasteiger partial charge on any atom is -0.493 e. The number of carboxylic acids is 1. The minimum atomic E-state index is -1.14. The van der Waals surface area contributed by atoms with Gasteiger partial charge in [-0.2, -0.15) is 0 Å². The second-order valence-corrected chi connectivity index (χ2v) is 4.52. The zero-order valence-electron chi connectivity index (χ0n) is 10.8. The second kappa shape index (κ2) is 7.06. The quantitative estimate of drug-likeness (QED) is 0.739. The van der Waals surface area contributed by atoms with E-state index in [1.807, 2.05) is 0 Å². The Bertz CT molecular complexity index is 563. The van der Waals surface area contributed by atoms with E-state index in [0.717, 1.165) is 0 Å². The van der Waals surface area contributed by atoms with Gasteiger partial charge >= 0.3 is 5.97 Å². The molecule has 1 amide bonds. The molecule has 1 rings (SSSR count). The van der Waals surface area contributed by atoms with Gasteiger partial charge in [0.15, 0.2) is 10.9 Å². The molecule has 0 spiro atoms. The number of ether oxygens (including phenoxy) is 1. The van der Waals surface area contributed by atoms with Crippen molar-refractivity contribution >= 4 is 46.5 Å². The van der Waals surface area contributed by atoms with E-state index < -0.39 is 5.97 Å². The molecule has 0 aliphatic carbocycles. The molecule has 0 aromatic heterocycles. The Morgan fingerprint density at radius 1 is 1.45 bits per heavy atom. The van der Waals surface area contributed by atoms with Crippen LogP contribution >= 0.6 is 23.8 Å². The van der Waals surface area contributed by atoms with E-state index >= 15 is 0 Å². The summed E-state index contributed by atoms with van der Waals surface area (Å²) in [6.07, 6.45) is 0.273. The van der Waals surface area contributed by atoms with Gasteiger partial charge < -0.3 is 20.5 Å². The van der Waals surface area contributed by atoms with Gasteiger partial charge in [0.2, 0.25) is 5.91 Å². The van der Waals surface area contributed by atoms with Gasteiger partial charge in [-0.3, -0.25) is 4.79 Å². The summed E-state index contributed by atoms with van der Waals surface area (Å²) < 4.78 is 5.08. The highest BCUT2D eigenvalue weighted by Crippen LogP contribution is 2.34. The number of thiocarbonyl (C=S) groups is 1. The van der Waals surface area contributed by atoms with Crippen LogP contribution in [0.1, 0.15) is 23.7 Å². The predicted octanol–water partition coefficient (Wildman–Crippen LogP) is 2.27. The lowest BCUT2D eigenvalue weighted by atomic mass is 10.2. The normalized spacial score (nSPS) is 9.75. The number of benzene rings is 1. The number of hydrogen-bond acceptors (Lipinski definition) is 4. The molecular weight excluding hydrogens is 304 g/mol. The van der Waals surface area contributed by atoms with Gasteiger partial charge in [-0.15, -0.1) is 0 Å². The average Bonchev–Trinajstić information content (AvgIpc) is 2.37. The van der Waals surface area contributed by atoms with E-state index in [4.69, 9.17) is 33.7 Å². The third-order valence-corrected chi connectivity index (χ3v) is 2.80. The van der Waals surface area contributed by atoms with Crippen LogP contribution in [0.3, 0.4) is 0 Å². The van der Waals surface area contributed by atoms with Crippen molar-refractivity contribution < 1.29 is 19.4 Å². The van der Waals surface area contributed by atoms with Crippen molar-refractivity contribution in [3.8, 4) is 5.75 Å². The molecule has 1 aromatic rings. The Morgan fingerprint density at radius 2 is 2.10 bits per heavy atom. The Kier molecular flexibility index (Phi) is 5.72. The van der Waals surface area contributed by atoms with E-state index in [1.54, 1.807) is 6.92 Å². The number of rotatable bonds is 4. The van der Waals surface area contributed by atoms with Crippen LogP contribution in [0.5, 0.6) is 5.75 Å². The topological polar surface area (TPSA) is 87.7 Å². The minimum absolute atomic E-state index is 0.0251. The van der Waals surface area contributed by atoms with Crippen molar-refractivity contribution in [3.05, 3.63) is 22.7 Å². The number of methoxy groups -OCH3 is 1. The van der Waals surface area contributed by atoms with Crippen molar-refractivity contribution in [2.45, 2.75) is 13.3 Å². The van der Waals surface area contributed by atoms with Gasteiger partial charge in [-0.05, 0) is 24.4 Å². The van der Waals surface area contributed by atoms with Crippen LogP contribution < -0.4 is 15.4 Å². The molecule has 0 unspecified atom stereocenters. The monoisotopic (exact) mass is 316 g/mol. The number of nitrogens with one attached hydrogen (secondary N) is 2. The third kappa shape index (κ3) is 4.07. The first-order valence-electron chi connectivity index (χ1n) is 5.60. The first-order chi connectivity index (χ1) is 9.38. The summed E-state index contributed by atoms with van der Waals surface area (Å²) in [7, 11) is 1.39. The van der Waals surface area contributed by atoms with E-state index in [-0.39, 0.29) is 39.5 Å². The van der Waals surface area contributed by atoms with Gasteiger partial charge in [0, 0.05) is 6.42 Å². The van der Waals surface area contributed by atoms with Crippen molar-refractivity contribution in [1.82, 2.24) is 5.32 Å². The van der Waals surface area contributed by atoms with Gasteiger partial charge in [0.25, 0.3) is 0 Å². The SMILES string of the molecule is CCC(=O)NC(=S)Nc1cc(C(=O)O)cc(Cl)c1OC. The van der Waals surface area contributed by atoms with Gasteiger partial charge in [-0.25, -0.2) is 4.79 Å². The van der Waals surface area contributed by atoms with Crippen molar-refractivity contribution in [2.24, 2.45) is 0 Å². The van der Waals surface area contributed by atoms with Crippen molar-refractivity contribution in [3.63, 3.8) is 0 Å². The molecule has 6 nitrogen and oxygen atoms in total. The number of carbonyl (C=O) groups is 2. The highest BCUT2D eigenvalue weighted by molar-refractivity contribution is 7.80. The van der Waals surface area contributed by atoms with E-state index in [9.17, 15) is 9.59 Å². The van der Waals surface area contributed by atoms with Crippen LogP contribution in [0.2, 0.25) is 5.02 Å². The molecular formula is C12H13ClN2O4S. The maximum Gasteiger partial charge on any atom is 0.335 e. The number of amides is 1. The lowest BCUT2D eigenvalue weighted by Crippen LogP contribution is -2.33. The maximum absolute atomic E-state index is 11.2. The number of carbonyl (C=O) groups excluding carboxylic acids is 1. The highest BCUT2D eigenvalue weighted by atomic mass is 35.5. The zero-order chi connectivity index (χ0) is 15.3. The fourth-order valence-electron chi connectivity index (χ4n) is 1.39. The van der Waals surface area contributed by atoms with Crippen LogP contribution in [0, 0.1) is 0 Å². The smallest absolute Gasteiger partial charge is 0.335 e. The first-order valence-corrected chi connectivity index (χ1v) is 6.39. The average molecular weight is 317 g/mol. The third-order valence-electron chi connectivity index (χ3n) is 2.32. The Labute approximate surface area is 126 Å². The molecule has 0 saturated heterocycles. The summed E-state index contributed by atoms with van der Waals surface area (Å²) in [5.74, 6) is -1.16. The molecule has 0 bridgehead atoms. The molecule has 0 radical (unpaired) electrons. The zero-order valence-corrected chi connectivity index (χ0v) is 12.4. The lowest BCUT2D eigenvalue weighted by molar-refractivity contribution is -0.119. The molecule has 0 aliphatic heterocycles. The van der Waals surface area contributed by atoms with Crippen molar-refractivity contribution in [2.75, 3.05) is 12.4 Å². The molecule has 8 heteroatoms. The fraction of sp³-hybridized carbons (Fsp3) is 0.250. The number of hydrogen-bond donors (Lipinski definition) is 3. The largest absolute Gasteiger partial charge is 0.493 e. The lowest BCUT2D eigenvalue weighted by Gasteiger charge is -2.14. The van der Waals surface area contributed by atoms with Gasteiger partial charge in [0.05, 0.1) is 23.4 Å². The van der Waals surface area contributed by atoms with Crippen LogP contribution in [-0.4, -0.2) is 29.2 Å². The summed E-state index contributed by atoms with van der Waals surface area (Å²) in [5.41, 5.74) is 0.238. The van der Waals surface area contributed by atoms with Crippen LogP contribution in [0.25, 0.3) is 0 Å². The van der Waals surface area contributed by atoms with Gasteiger partial charge in [0.1, 0.15) is 0 Å². The summed E-state index contributed by atoms with van der Waals surface area (Å²) >= 11 is 10.9. The summed E-state index contributed by atoms with van der Waals surface area (Å²) in [4.78, 5) is 22.2. The first kappa shape index (κ1) is 16.2. The maximum atomic E-state index is 11.2. The number of anilines is 1. The predicted molar refractivity (Wildman–Crippen MR) is 79.6 cm³/mol. The van der Waals surface area contributed by atoms with E-state index in [0.29, 0.717) is 0 Å². The number of carboxylic acid groups (broad SMARTS) is 1. The molecule has 0 heterocycles. The van der Waals surface area contributed by atoms with Crippen LogP contribution in [0.15, 0.2) is 12.1 Å². The summed E-state index contributed by atoms with van der Waals surface area (Å²) in [6.45, 7) is 1.68. The molecule has 0 atom stereocenters. The van der Waals surface area contributed by atoms with Crippen LogP contribution in [0.4, 0.5) is 5.69 Å². The van der Waals surface area contributed by atoms with E-state index in [1.165, 1.54) is 19.2 Å². The molecule has 0 aliphatic rings. The Balaban J connectivity index is 3.06. The summed E-state index contributed by atoms with van der Waals surface area (Å²) in [6, 6.07) is 2.58. The second-order valence-electron chi connectivity index (χ2n) is 3.70. The molecule has 1 aromatic carbocycles. The molecule has 108 valence electrons. The summed E-state index contributed by atoms with van der Waals surface area (Å²) in [5, 5.41) is 14.3. The Morgan fingerprint density at radius 3 is 2.60 bits per heavy atom. The Hall–Kier alpha value is -1.86. The number of aromatic carboxylic acids is 1. The van der Waals surface area contributed by atoms with Crippen LogP contribution in [-0.2, 0) is 4.79 Å². The fourth-order valence-corrected chi connectivity index (χ4v) is 1.91. The molecule has 3 N–H and O–H groups in total. The standard InChI is InChI=1S/C12H13ClN2O4S/c1-3-9(16)15-12(20)14-8-5-6(11(17)18)4-7(13)10(8)19-2/h4-5H,3H2,1-2H3,(H,17,18)(H2,14,15,16,20). The van der Waals surface area contributed by atoms with E-state index in [2.05, 4.69) is 10.6 Å². The number of halogens is 1. The highest BCUT2D eigenvalue weighted by Gasteiger charge is 2.15. The molecule has 0 saturated carbocycles.